The SMILES string of the molecule is COc1ccccc1C1CC(NC2COC2)C1. The van der Waals surface area contributed by atoms with Gasteiger partial charge in [-0.2, -0.15) is 0 Å². The molecule has 1 aromatic carbocycles. The van der Waals surface area contributed by atoms with Gasteiger partial charge in [-0.3, -0.25) is 0 Å². The fraction of sp³-hybridized carbons (Fsp3) is 0.571. The zero-order valence-corrected chi connectivity index (χ0v) is 10.2. The molecule has 0 atom stereocenters. The van der Waals surface area contributed by atoms with Gasteiger partial charge in [0.1, 0.15) is 5.75 Å². The van der Waals surface area contributed by atoms with E-state index in [1.807, 2.05) is 6.07 Å². The maximum absolute atomic E-state index is 5.41. The number of rotatable bonds is 4. The fourth-order valence-corrected chi connectivity index (χ4v) is 2.68. The second kappa shape index (κ2) is 4.67. The Bertz CT molecular complexity index is 384. The first-order chi connectivity index (χ1) is 8.36. The van der Waals surface area contributed by atoms with Gasteiger partial charge >= 0.3 is 0 Å². The predicted molar refractivity (Wildman–Crippen MR) is 66.5 cm³/mol. The summed E-state index contributed by atoms with van der Waals surface area (Å²) in [6.07, 6.45) is 2.44. The van der Waals surface area contributed by atoms with Crippen LogP contribution in [0.5, 0.6) is 5.75 Å². The Morgan fingerprint density at radius 3 is 2.59 bits per heavy atom. The highest BCUT2D eigenvalue weighted by molar-refractivity contribution is 5.37. The highest BCUT2D eigenvalue weighted by Crippen LogP contribution is 2.41. The molecule has 0 amide bonds. The van der Waals surface area contributed by atoms with Crippen molar-refractivity contribution in [3.63, 3.8) is 0 Å². The van der Waals surface area contributed by atoms with Gasteiger partial charge < -0.3 is 14.8 Å². The second-order valence-corrected chi connectivity index (χ2v) is 5.01. The average molecular weight is 233 g/mol. The molecule has 0 radical (unpaired) electrons. The van der Waals surface area contributed by atoms with Crippen LogP contribution in [-0.4, -0.2) is 32.4 Å². The molecule has 3 rings (SSSR count). The molecule has 0 aromatic heterocycles. The van der Waals surface area contributed by atoms with Crippen molar-refractivity contribution in [1.29, 1.82) is 0 Å². The number of methoxy groups -OCH3 is 1. The molecule has 1 aliphatic carbocycles. The van der Waals surface area contributed by atoms with E-state index < -0.39 is 0 Å². The summed E-state index contributed by atoms with van der Waals surface area (Å²) < 4.78 is 10.6. The summed E-state index contributed by atoms with van der Waals surface area (Å²) in [4.78, 5) is 0. The van der Waals surface area contributed by atoms with Crippen molar-refractivity contribution in [2.75, 3.05) is 20.3 Å². The molecule has 3 nitrogen and oxygen atoms in total. The van der Waals surface area contributed by atoms with E-state index in [4.69, 9.17) is 9.47 Å². The van der Waals surface area contributed by atoms with Gasteiger partial charge in [-0.15, -0.1) is 0 Å². The average Bonchev–Trinajstić information content (AvgIpc) is 2.25. The molecule has 1 saturated carbocycles. The standard InChI is InChI=1S/C14H19NO2/c1-16-14-5-3-2-4-13(14)10-6-11(7-10)15-12-8-17-9-12/h2-5,10-12,15H,6-9H2,1H3. The van der Waals surface area contributed by atoms with Crippen LogP contribution in [0.4, 0.5) is 0 Å². The van der Waals surface area contributed by atoms with Crippen molar-refractivity contribution in [2.45, 2.75) is 30.8 Å². The van der Waals surface area contributed by atoms with E-state index in [0.29, 0.717) is 18.0 Å². The first kappa shape index (κ1) is 11.1. The third-order valence-corrected chi connectivity index (χ3v) is 3.83. The lowest BCUT2D eigenvalue weighted by atomic mass is 9.75. The van der Waals surface area contributed by atoms with Gasteiger partial charge in [0, 0.05) is 6.04 Å². The molecule has 1 aromatic rings. The Morgan fingerprint density at radius 1 is 1.18 bits per heavy atom. The summed E-state index contributed by atoms with van der Waals surface area (Å²) in [5, 5.41) is 3.62. The molecule has 1 N–H and O–H groups in total. The van der Waals surface area contributed by atoms with Gasteiger partial charge in [-0.1, -0.05) is 18.2 Å². The zero-order chi connectivity index (χ0) is 11.7. The minimum Gasteiger partial charge on any atom is -0.496 e. The van der Waals surface area contributed by atoms with Gasteiger partial charge in [-0.05, 0) is 30.4 Å². The summed E-state index contributed by atoms with van der Waals surface area (Å²) in [7, 11) is 1.75. The van der Waals surface area contributed by atoms with E-state index in [-0.39, 0.29) is 0 Å². The van der Waals surface area contributed by atoms with Gasteiger partial charge in [0.2, 0.25) is 0 Å². The Balaban J connectivity index is 1.56. The molecule has 17 heavy (non-hydrogen) atoms. The van der Waals surface area contributed by atoms with Crippen LogP contribution in [0.1, 0.15) is 24.3 Å². The molecular formula is C14H19NO2. The smallest absolute Gasteiger partial charge is 0.122 e. The highest BCUT2D eigenvalue weighted by Gasteiger charge is 2.34. The van der Waals surface area contributed by atoms with Crippen LogP contribution in [0.3, 0.4) is 0 Å². The molecule has 0 unspecified atom stereocenters. The fourth-order valence-electron chi connectivity index (χ4n) is 2.68. The van der Waals surface area contributed by atoms with Gasteiger partial charge in [0.25, 0.3) is 0 Å². The van der Waals surface area contributed by atoms with Crippen molar-refractivity contribution >= 4 is 0 Å². The van der Waals surface area contributed by atoms with Crippen molar-refractivity contribution in [3.8, 4) is 5.75 Å². The molecule has 1 aliphatic heterocycles. The number of para-hydroxylation sites is 1. The van der Waals surface area contributed by atoms with E-state index in [2.05, 4.69) is 23.5 Å². The van der Waals surface area contributed by atoms with Crippen molar-refractivity contribution in [3.05, 3.63) is 29.8 Å². The Morgan fingerprint density at radius 2 is 1.94 bits per heavy atom. The monoisotopic (exact) mass is 233 g/mol. The van der Waals surface area contributed by atoms with E-state index in [0.717, 1.165) is 19.0 Å². The van der Waals surface area contributed by atoms with Crippen LogP contribution in [0.25, 0.3) is 0 Å². The first-order valence-corrected chi connectivity index (χ1v) is 6.33. The van der Waals surface area contributed by atoms with E-state index in [1.165, 1.54) is 18.4 Å². The molecule has 92 valence electrons. The summed E-state index contributed by atoms with van der Waals surface area (Å²) in [5.74, 6) is 1.69. The first-order valence-electron chi connectivity index (χ1n) is 6.33. The van der Waals surface area contributed by atoms with Crippen LogP contribution >= 0.6 is 0 Å². The summed E-state index contributed by atoms with van der Waals surface area (Å²) in [5.41, 5.74) is 1.36. The number of hydrogen-bond donors (Lipinski definition) is 1. The topological polar surface area (TPSA) is 30.5 Å². The molecule has 0 spiro atoms. The normalized spacial score (nSPS) is 28.3. The Hall–Kier alpha value is -1.06. The predicted octanol–water partition coefficient (Wildman–Crippen LogP) is 1.93. The lowest BCUT2D eigenvalue weighted by Crippen LogP contribution is -2.53. The van der Waals surface area contributed by atoms with Gasteiger partial charge in [-0.25, -0.2) is 0 Å². The number of hydrogen-bond acceptors (Lipinski definition) is 3. The third kappa shape index (κ3) is 2.17. The van der Waals surface area contributed by atoms with Crippen molar-refractivity contribution in [1.82, 2.24) is 5.32 Å². The molecule has 0 bridgehead atoms. The van der Waals surface area contributed by atoms with E-state index >= 15 is 0 Å². The number of benzene rings is 1. The Labute approximate surface area is 102 Å². The van der Waals surface area contributed by atoms with Crippen molar-refractivity contribution < 1.29 is 9.47 Å². The molecule has 2 fully saturated rings. The lowest BCUT2D eigenvalue weighted by molar-refractivity contribution is -0.0157. The van der Waals surface area contributed by atoms with Crippen LogP contribution in [0.15, 0.2) is 24.3 Å². The summed E-state index contributed by atoms with van der Waals surface area (Å²) >= 11 is 0. The molecule has 2 aliphatic rings. The van der Waals surface area contributed by atoms with E-state index in [9.17, 15) is 0 Å². The van der Waals surface area contributed by atoms with Crippen molar-refractivity contribution in [2.24, 2.45) is 0 Å². The molecular weight excluding hydrogens is 214 g/mol. The highest BCUT2D eigenvalue weighted by atomic mass is 16.5. The zero-order valence-electron chi connectivity index (χ0n) is 10.2. The molecule has 3 heteroatoms. The van der Waals surface area contributed by atoms with E-state index in [1.54, 1.807) is 7.11 Å². The van der Waals surface area contributed by atoms with Crippen LogP contribution in [-0.2, 0) is 4.74 Å². The van der Waals surface area contributed by atoms with Crippen LogP contribution in [0.2, 0.25) is 0 Å². The van der Waals surface area contributed by atoms with Crippen LogP contribution in [0, 0.1) is 0 Å². The maximum atomic E-state index is 5.41. The summed E-state index contributed by atoms with van der Waals surface area (Å²) in [6.45, 7) is 1.77. The number of ether oxygens (including phenoxy) is 2. The minimum absolute atomic E-state index is 0.596. The summed E-state index contributed by atoms with van der Waals surface area (Å²) in [6, 6.07) is 9.63. The van der Waals surface area contributed by atoms with Gasteiger partial charge in [0.15, 0.2) is 0 Å². The lowest BCUT2D eigenvalue weighted by Gasteiger charge is -2.41. The third-order valence-electron chi connectivity index (χ3n) is 3.83. The Kier molecular flexibility index (Phi) is 3.04. The largest absolute Gasteiger partial charge is 0.496 e. The minimum atomic E-state index is 0.596. The molecule has 1 heterocycles. The number of nitrogens with one attached hydrogen (secondary N) is 1. The molecule has 1 saturated heterocycles. The van der Waals surface area contributed by atoms with Gasteiger partial charge in [0.05, 0.1) is 26.4 Å². The quantitative estimate of drug-likeness (QED) is 0.862. The van der Waals surface area contributed by atoms with Crippen LogP contribution < -0.4 is 10.1 Å². The maximum Gasteiger partial charge on any atom is 0.122 e. The second-order valence-electron chi connectivity index (χ2n) is 5.01.